The highest BCUT2D eigenvalue weighted by Crippen LogP contribution is 2.21. The van der Waals surface area contributed by atoms with E-state index in [0.717, 1.165) is 11.8 Å². The summed E-state index contributed by atoms with van der Waals surface area (Å²) in [6.07, 6.45) is 14.7. The maximum absolute atomic E-state index is 2.42. The van der Waals surface area contributed by atoms with Gasteiger partial charge in [-0.3, -0.25) is 0 Å². The van der Waals surface area contributed by atoms with Crippen molar-refractivity contribution in [2.24, 2.45) is 11.8 Å². The summed E-state index contributed by atoms with van der Waals surface area (Å²) in [6, 6.07) is 0. The first-order chi connectivity index (χ1) is 6.29. The van der Waals surface area contributed by atoms with Gasteiger partial charge in [-0.15, -0.1) is 0 Å². The van der Waals surface area contributed by atoms with Crippen molar-refractivity contribution in [3.8, 4) is 0 Å². The molecule has 0 fully saturated rings. The van der Waals surface area contributed by atoms with Crippen LogP contribution in [-0.4, -0.2) is 0 Å². The fourth-order valence-corrected chi connectivity index (χ4v) is 2.27. The Morgan fingerprint density at radius 2 is 1.77 bits per heavy atom. The van der Waals surface area contributed by atoms with Crippen LogP contribution in [-0.2, 0) is 0 Å². The Balaban J connectivity index is 2.35. The quantitative estimate of drug-likeness (QED) is 0.479. The molecule has 0 heterocycles. The number of allylic oxidation sites excluding steroid dienone is 2. The SMILES string of the molecule is CC1C=CCCCCCCC(C)C1. The lowest BCUT2D eigenvalue weighted by Crippen LogP contribution is -2.00. The minimum Gasteiger partial charge on any atom is -0.0883 e. The number of hydrogen-bond donors (Lipinski definition) is 0. The molecular formula is C13H24. The molecule has 0 radical (unpaired) electrons. The first-order valence-corrected chi connectivity index (χ1v) is 5.95. The van der Waals surface area contributed by atoms with Crippen LogP contribution in [0.1, 0.15) is 58.8 Å². The maximum Gasteiger partial charge on any atom is -0.0259 e. The van der Waals surface area contributed by atoms with Gasteiger partial charge in [-0.2, -0.15) is 0 Å². The Morgan fingerprint density at radius 3 is 2.62 bits per heavy atom. The fourth-order valence-electron chi connectivity index (χ4n) is 2.27. The second-order valence-corrected chi connectivity index (χ2v) is 4.74. The molecule has 0 saturated carbocycles. The van der Waals surface area contributed by atoms with Gasteiger partial charge >= 0.3 is 0 Å². The summed E-state index contributed by atoms with van der Waals surface area (Å²) in [6.45, 7) is 4.76. The highest BCUT2D eigenvalue weighted by Gasteiger charge is 2.06. The van der Waals surface area contributed by atoms with Crippen LogP contribution >= 0.6 is 0 Å². The Morgan fingerprint density at radius 1 is 1.00 bits per heavy atom. The standard InChI is InChI=1S/C13H24/c1-12-9-7-5-3-4-6-8-10-13(2)11-12/h7,9,12-13H,3-6,8,10-11H2,1-2H3. The molecule has 0 nitrogen and oxygen atoms in total. The smallest absolute Gasteiger partial charge is 0.0259 e. The Bertz CT molecular complexity index is 146. The highest BCUT2D eigenvalue weighted by molar-refractivity contribution is 4.87. The Kier molecular flexibility index (Phi) is 5.19. The average molecular weight is 180 g/mol. The molecule has 0 aromatic heterocycles. The third-order valence-corrected chi connectivity index (χ3v) is 3.06. The van der Waals surface area contributed by atoms with Crippen LogP contribution in [0.5, 0.6) is 0 Å². The molecule has 1 rings (SSSR count). The van der Waals surface area contributed by atoms with Crippen molar-refractivity contribution < 1.29 is 0 Å². The molecule has 2 atom stereocenters. The van der Waals surface area contributed by atoms with E-state index in [4.69, 9.17) is 0 Å². The fraction of sp³-hybridized carbons (Fsp3) is 0.846. The lowest BCUT2D eigenvalue weighted by molar-refractivity contribution is 0.420. The topological polar surface area (TPSA) is 0 Å². The van der Waals surface area contributed by atoms with Gasteiger partial charge in [0.25, 0.3) is 0 Å². The minimum atomic E-state index is 0.799. The van der Waals surface area contributed by atoms with Gasteiger partial charge in [-0.05, 0) is 31.1 Å². The van der Waals surface area contributed by atoms with Gasteiger partial charge in [0.2, 0.25) is 0 Å². The van der Waals surface area contributed by atoms with Gasteiger partial charge in [0.15, 0.2) is 0 Å². The van der Waals surface area contributed by atoms with Crippen LogP contribution in [0.2, 0.25) is 0 Å². The van der Waals surface area contributed by atoms with Crippen LogP contribution < -0.4 is 0 Å². The average Bonchev–Trinajstić information content (AvgIpc) is 2.11. The molecule has 0 aliphatic heterocycles. The Hall–Kier alpha value is -0.260. The molecule has 13 heavy (non-hydrogen) atoms. The molecule has 0 aromatic rings. The van der Waals surface area contributed by atoms with Crippen molar-refractivity contribution in [1.82, 2.24) is 0 Å². The molecule has 0 saturated heterocycles. The Labute approximate surface area is 83.4 Å². The molecule has 2 unspecified atom stereocenters. The second kappa shape index (κ2) is 6.23. The molecule has 0 bridgehead atoms. The summed E-state index contributed by atoms with van der Waals surface area (Å²) >= 11 is 0. The van der Waals surface area contributed by atoms with E-state index in [0.29, 0.717) is 0 Å². The second-order valence-electron chi connectivity index (χ2n) is 4.74. The van der Waals surface area contributed by atoms with Crippen molar-refractivity contribution >= 4 is 0 Å². The first-order valence-electron chi connectivity index (χ1n) is 5.95. The van der Waals surface area contributed by atoms with Gasteiger partial charge in [0.05, 0.1) is 0 Å². The normalized spacial score (nSPS) is 32.5. The molecule has 76 valence electrons. The number of hydrogen-bond acceptors (Lipinski definition) is 0. The van der Waals surface area contributed by atoms with Gasteiger partial charge in [-0.25, -0.2) is 0 Å². The molecule has 0 spiro atoms. The minimum absolute atomic E-state index is 0.799. The van der Waals surface area contributed by atoms with E-state index < -0.39 is 0 Å². The zero-order chi connectivity index (χ0) is 9.52. The van der Waals surface area contributed by atoms with Gasteiger partial charge < -0.3 is 0 Å². The van der Waals surface area contributed by atoms with E-state index in [2.05, 4.69) is 26.0 Å². The summed E-state index contributed by atoms with van der Waals surface area (Å²) in [5.41, 5.74) is 0. The van der Waals surface area contributed by atoms with E-state index in [-0.39, 0.29) is 0 Å². The highest BCUT2D eigenvalue weighted by atomic mass is 14.1. The summed E-state index contributed by atoms with van der Waals surface area (Å²) in [7, 11) is 0. The largest absolute Gasteiger partial charge is 0.0883 e. The van der Waals surface area contributed by atoms with Crippen LogP contribution in [0.4, 0.5) is 0 Å². The van der Waals surface area contributed by atoms with Crippen LogP contribution in [0.15, 0.2) is 12.2 Å². The third kappa shape index (κ3) is 5.13. The van der Waals surface area contributed by atoms with Crippen molar-refractivity contribution in [3.05, 3.63) is 12.2 Å². The van der Waals surface area contributed by atoms with Crippen LogP contribution in [0, 0.1) is 11.8 Å². The predicted octanol–water partition coefficient (Wildman–Crippen LogP) is 4.56. The molecule has 0 N–H and O–H groups in total. The van der Waals surface area contributed by atoms with Gasteiger partial charge in [-0.1, -0.05) is 51.7 Å². The molecule has 0 aromatic carbocycles. The van der Waals surface area contributed by atoms with Crippen molar-refractivity contribution in [3.63, 3.8) is 0 Å². The first kappa shape index (κ1) is 10.8. The zero-order valence-corrected chi connectivity index (χ0v) is 9.26. The lowest BCUT2D eigenvalue weighted by atomic mass is 9.93. The third-order valence-electron chi connectivity index (χ3n) is 3.06. The van der Waals surface area contributed by atoms with Gasteiger partial charge in [0.1, 0.15) is 0 Å². The van der Waals surface area contributed by atoms with Gasteiger partial charge in [0, 0.05) is 0 Å². The van der Waals surface area contributed by atoms with Crippen molar-refractivity contribution in [1.29, 1.82) is 0 Å². The van der Waals surface area contributed by atoms with E-state index >= 15 is 0 Å². The van der Waals surface area contributed by atoms with E-state index in [1.165, 1.54) is 44.9 Å². The molecule has 0 heteroatoms. The molecular weight excluding hydrogens is 156 g/mol. The maximum atomic E-state index is 2.42. The molecule has 1 aliphatic rings. The van der Waals surface area contributed by atoms with Crippen LogP contribution in [0.25, 0.3) is 0 Å². The van der Waals surface area contributed by atoms with E-state index in [1.54, 1.807) is 0 Å². The summed E-state index contributed by atoms with van der Waals surface area (Å²) < 4.78 is 0. The lowest BCUT2D eigenvalue weighted by Gasteiger charge is -2.13. The van der Waals surface area contributed by atoms with E-state index in [9.17, 15) is 0 Å². The molecule has 0 amide bonds. The summed E-state index contributed by atoms with van der Waals surface area (Å²) in [4.78, 5) is 0. The predicted molar refractivity (Wildman–Crippen MR) is 59.8 cm³/mol. The molecule has 1 aliphatic carbocycles. The monoisotopic (exact) mass is 180 g/mol. The summed E-state index contributed by atoms with van der Waals surface area (Å²) in [5, 5.41) is 0. The van der Waals surface area contributed by atoms with E-state index in [1.807, 2.05) is 0 Å². The zero-order valence-electron chi connectivity index (χ0n) is 9.26. The van der Waals surface area contributed by atoms with Crippen LogP contribution in [0.3, 0.4) is 0 Å². The number of rotatable bonds is 0. The van der Waals surface area contributed by atoms with Crippen molar-refractivity contribution in [2.75, 3.05) is 0 Å². The van der Waals surface area contributed by atoms with Crippen molar-refractivity contribution in [2.45, 2.75) is 58.8 Å². The summed E-state index contributed by atoms with van der Waals surface area (Å²) in [5.74, 6) is 1.73.